The first-order valence-corrected chi connectivity index (χ1v) is 7.43. The molecule has 21 heavy (non-hydrogen) atoms. The van der Waals surface area contributed by atoms with Crippen LogP contribution in [0.1, 0.15) is 10.7 Å². The first kappa shape index (κ1) is 15.5. The lowest BCUT2D eigenvalue weighted by atomic mass is 10.1. The van der Waals surface area contributed by atoms with Crippen molar-refractivity contribution < 1.29 is 4.74 Å². The van der Waals surface area contributed by atoms with Crippen LogP contribution >= 0.6 is 11.3 Å². The van der Waals surface area contributed by atoms with Crippen LogP contribution in [0.3, 0.4) is 0 Å². The zero-order valence-electron chi connectivity index (χ0n) is 12.5. The van der Waals surface area contributed by atoms with E-state index in [1.54, 1.807) is 23.3 Å². The van der Waals surface area contributed by atoms with E-state index in [1.165, 1.54) is 0 Å². The summed E-state index contributed by atoms with van der Waals surface area (Å²) >= 11 is 1.64. The molecule has 0 saturated heterocycles. The lowest BCUT2D eigenvalue weighted by molar-refractivity contribution is 0.184. The predicted octanol–water partition coefficient (Wildman–Crippen LogP) is 2.33. The van der Waals surface area contributed by atoms with Gasteiger partial charge >= 0.3 is 0 Å². The maximum absolute atomic E-state index is 5.85. The molecule has 0 unspecified atom stereocenters. The monoisotopic (exact) mass is 304 g/mol. The van der Waals surface area contributed by atoms with Gasteiger partial charge < -0.3 is 15.4 Å². The van der Waals surface area contributed by atoms with Crippen LogP contribution in [0, 0.1) is 0 Å². The zero-order valence-corrected chi connectivity index (χ0v) is 13.4. The summed E-state index contributed by atoms with van der Waals surface area (Å²) in [6.45, 7) is 0.978. The first-order chi connectivity index (χ1) is 10.1. The molecule has 2 N–H and O–H groups in total. The van der Waals surface area contributed by atoms with Crippen LogP contribution in [0.5, 0.6) is 0 Å². The van der Waals surface area contributed by atoms with E-state index in [9.17, 15) is 0 Å². The minimum absolute atomic E-state index is 0.467. The second kappa shape index (κ2) is 7.19. The van der Waals surface area contributed by atoms with Crippen LogP contribution in [0.2, 0.25) is 0 Å². The fraction of sp³-hybridized carbons (Fsp3) is 0.333. The molecule has 0 aliphatic carbocycles. The van der Waals surface area contributed by atoms with Crippen LogP contribution < -0.4 is 5.73 Å². The molecule has 0 radical (unpaired) electrons. The molecule has 6 heteroatoms. The third kappa shape index (κ3) is 4.03. The lowest BCUT2D eigenvalue weighted by Crippen LogP contribution is -2.30. The molecule has 0 aliphatic rings. The van der Waals surface area contributed by atoms with E-state index >= 15 is 0 Å². The number of rotatable bonds is 5. The van der Waals surface area contributed by atoms with Crippen LogP contribution in [-0.2, 0) is 17.9 Å². The van der Waals surface area contributed by atoms with Crippen molar-refractivity contribution in [2.75, 3.05) is 21.2 Å². The molecule has 2 aromatic rings. The third-order valence-corrected chi connectivity index (χ3v) is 4.01. The molecule has 0 fully saturated rings. The van der Waals surface area contributed by atoms with Crippen molar-refractivity contribution in [2.24, 2.45) is 10.7 Å². The van der Waals surface area contributed by atoms with E-state index in [1.807, 2.05) is 32.3 Å². The highest BCUT2D eigenvalue weighted by atomic mass is 32.1. The van der Waals surface area contributed by atoms with Crippen molar-refractivity contribution in [1.82, 2.24) is 9.88 Å². The lowest BCUT2D eigenvalue weighted by Gasteiger charge is -2.10. The van der Waals surface area contributed by atoms with E-state index in [0.29, 0.717) is 19.1 Å². The molecule has 1 aromatic heterocycles. The highest BCUT2D eigenvalue weighted by Gasteiger charge is 2.12. The maximum atomic E-state index is 5.85. The van der Waals surface area contributed by atoms with Crippen molar-refractivity contribution in [2.45, 2.75) is 13.2 Å². The molecule has 0 bridgehead atoms. The van der Waals surface area contributed by atoms with Crippen molar-refractivity contribution >= 4 is 17.3 Å². The van der Waals surface area contributed by atoms with Gasteiger partial charge in [0.15, 0.2) is 5.96 Å². The van der Waals surface area contributed by atoms with Crippen LogP contribution in [-0.4, -0.2) is 37.0 Å². The largest absolute Gasteiger partial charge is 0.378 e. The van der Waals surface area contributed by atoms with E-state index in [-0.39, 0.29) is 0 Å². The number of benzene rings is 1. The van der Waals surface area contributed by atoms with E-state index < -0.39 is 0 Å². The molecule has 0 spiro atoms. The Morgan fingerprint density at radius 3 is 2.67 bits per heavy atom. The fourth-order valence-corrected chi connectivity index (χ4v) is 2.86. The van der Waals surface area contributed by atoms with Gasteiger partial charge in [-0.1, -0.05) is 30.3 Å². The number of aliphatic imine (C=N–C) groups is 1. The Labute approximate surface area is 129 Å². The molecule has 0 aliphatic heterocycles. The Morgan fingerprint density at radius 2 is 2.05 bits per heavy atom. The van der Waals surface area contributed by atoms with Gasteiger partial charge in [-0.25, -0.2) is 9.98 Å². The van der Waals surface area contributed by atoms with Gasteiger partial charge in [0.1, 0.15) is 5.01 Å². The zero-order chi connectivity index (χ0) is 15.2. The molecule has 0 amide bonds. The molecule has 0 saturated carbocycles. The van der Waals surface area contributed by atoms with Crippen LogP contribution in [0.25, 0.3) is 10.4 Å². The summed E-state index contributed by atoms with van der Waals surface area (Å²) in [5.41, 5.74) is 7.92. The third-order valence-electron chi connectivity index (χ3n) is 2.89. The number of nitrogens with two attached hydrogens (primary N) is 1. The average molecular weight is 304 g/mol. The van der Waals surface area contributed by atoms with Crippen molar-refractivity contribution in [3.05, 3.63) is 41.0 Å². The number of hydrogen-bond acceptors (Lipinski definition) is 4. The SMILES string of the molecule is COCc1nc(CN=C(N)N(C)C)c(-c2ccccc2)s1. The van der Waals surface area contributed by atoms with Gasteiger partial charge in [-0.3, -0.25) is 0 Å². The Kier molecular flexibility index (Phi) is 5.30. The smallest absolute Gasteiger partial charge is 0.191 e. The number of hydrogen-bond donors (Lipinski definition) is 1. The molecule has 1 aromatic carbocycles. The highest BCUT2D eigenvalue weighted by Crippen LogP contribution is 2.31. The van der Waals surface area contributed by atoms with Crippen LogP contribution in [0.15, 0.2) is 35.3 Å². The molecule has 0 atom stereocenters. The predicted molar refractivity (Wildman–Crippen MR) is 87.3 cm³/mol. The second-order valence-corrected chi connectivity index (χ2v) is 5.83. The van der Waals surface area contributed by atoms with Gasteiger partial charge in [-0.2, -0.15) is 0 Å². The van der Waals surface area contributed by atoms with Gasteiger partial charge in [-0.15, -0.1) is 11.3 Å². The maximum Gasteiger partial charge on any atom is 0.191 e. The van der Waals surface area contributed by atoms with Crippen molar-refractivity contribution in [1.29, 1.82) is 0 Å². The quantitative estimate of drug-likeness (QED) is 0.680. The van der Waals surface area contributed by atoms with Crippen molar-refractivity contribution in [3.63, 3.8) is 0 Å². The minimum Gasteiger partial charge on any atom is -0.378 e. The molecular weight excluding hydrogens is 284 g/mol. The van der Waals surface area contributed by atoms with Gasteiger partial charge in [0.05, 0.1) is 23.7 Å². The normalized spacial score (nSPS) is 11.7. The number of nitrogens with zero attached hydrogens (tertiary/aromatic N) is 3. The number of ether oxygens (including phenoxy) is 1. The first-order valence-electron chi connectivity index (χ1n) is 6.62. The van der Waals surface area contributed by atoms with Gasteiger partial charge in [0, 0.05) is 21.2 Å². The van der Waals surface area contributed by atoms with E-state index in [2.05, 4.69) is 22.1 Å². The fourth-order valence-electron chi connectivity index (χ4n) is 1.81. The van der Waals surface area contributed by atoms with E-state index in [0.717, 1.165) is 21.1 Å². The Morgan fingerprint density at radius 1 is 1.33 bits per heavy atom. The molecule has 1 heterocycles. The Bertz CT molecular complexity index is 607. The summed E-state index contributed by atoms with van der Waals surface area (Å²) in [5, 5.41) is 0.949. The topological polar surface area (TPSA) is 63.7 Å². The van der Waals surface area contributed by atoms with Crippen LogP contribution in [0.4, 0.5) is 0 Å². The minimum atomic E-state index is 0.467. The summed E-state index contributed by atoms with van der Waals surface area (Å²) in [5.74, 6) is 0.496. The van der Waals surface area contributed by atoms with Gasteiger partial charge in [0.25, 0.3) is 0 Å². The summed E-state index contributed by atoms with van der Waals surface area (Å²) in [7, 11) is 5.41. The summed E-state index contributed by atoms with van der Waals surface area (Å²) in [4.78, 5) is 11.9. The average Bonchev–Trinajstić information content (AvgIpc) is 2.89. The van der Waals surface area contributed by atoms with Crippen molar-refractivity contribution in [3.8, 4) is 10.4 Å². The van der Waals surface area contributed by atoms with Gasteiger partial charge in [0.2, 0.25) is 0 Å². The Hall–Kier alpha value is -1.92. The molecular formula is C15H20N4OS. The van der Waals surface area contributed by atoms with Gasteiger partial charge in [-0.05, 0) is 5.56 Å². The number of aromatic nitrogens is 1. The summed E-state index contributed by atoms with van der Waals surface area (Å²) in [6, 6.07) is 10.2. The number of guanidine groups is 1. The standard InChI is InChI=1S/C15H20N4OS/c1-19(2)15(16)17-9-12-14(11-7-5-4-6-8-11)21-13(18-12)10-20-3/h4-8H,9-10H2,1-3H3,(H2,16,17). The molecule has 2 rings (SSSR count). The molecule has 112 valence electrons. The number of thiazole rings is 1. The summed E-state index contributed by atoms with van der Waals surface area (Å²) in [6.07, 6.45) is 0. The highest BCUT2D eigenvalue weighted by molar-refractivity contribution is 7.15. The Balaban J connectivity index is 2.32. The molecule has 5 nitrogen and oxygen atoms in total. The summed E-state index contributed by atoms with van der Waals surface area (Å²) < 4.78 is 5.18. The number of methoxy groups -OCH3 is 1. The second-order valence-electron chi connectivity index (χ2n) is 4.75. The van der Waals surface area contributed by atoms with E-state index in [4.69, 9.17) is 10.5 Å².